The highest BCUT2D eigenvalue weighted by molar-refractivity contribution is 7.01. The smallest absolute Gasteiger partial charge is 0.252 e. The molecule has 5 heterocycles. The first-order valence-corrected chi connectivity index (χ1v) is 26.2. The van der Waals surface area contributed by atoms with Crippen molar-refractivity contribution in [2.75, 3.05) is 19.6 Å². The van der Waals surface area contributed by atoms with Crippen LogP contribution in [-0.4, -0.2) is 18.0 Å². The molecule has 0 spiro atoms. The number of aryl methyl sites for hydroxylation is 2. The maximum atomic E-state index is 2.58. The molecule has 4 aliphatic rings. The first-order chi connectivity index (χ1) is 37.1. The lowest BCUT2D eigenvalue weighted by atomic mass is 9.33. The summed E-state index contributed by atoms with van der Waals surface area (Å²) >= 11 is 0. The van der Waals surface area contributed by atoms with E-state index in [9.17, 15) is 0 Å². The Morgan fingerprint density at radius 2 is 0.573 bits per heavy atom. The van der Waals surface area contributed by atoms with Gasteiger partial charge in [0.15, 0.2) is 0 Å². The van der Waals surface area contributed by atoms with E-state index in [-0.39, 0.29) is 13.4 Å². The molecule has 0 saturated carbocycles. The molecular formula is C68H47B2N5. The molecule has 12 aromatic rings. The second-order valence-corrected chi connectivity index (χ2v) is 20.6. The first kappa shape index (κ1) is 42.1. The molecule has 0 amide bonds. The van der Waals surface area contributed by atoms with Crippen molar-refractivity contribution < 1.29 is 0 Å². The van der Waals surface area contributed by atoms with Gasteiger partial charge in [-0.15, -0.1) is 0 Å². The second kappa shape index (κ2) is 16.0. The number of anilines is 12. The van der Waals surface area contributed by atoms with E-state index < -0.39 is 0 Å². The summed E-state index contributed by atoms with van der Waals surface area (Å²) in [5, 5.41) is 2.48. The van der Waals surface area contributed by atoms with E-state index in [4.69, 9.17) is 0 Å². The van der Waals surface area contributed by atoms with Crippen LogP contribution in [-0.2, 0) is 0 Å². The molecule has 0 fully saturated rings. The highest BCUT2D eigenvalue weighted by Gasteiger charge is 2.46. The van der Waals surface area contributed by atoms with Crippen molar-refractivity contribution in [3.05, 3.63) is 260 Å². The van der Waals surface area contributed by atoms with Gasteiger partial charge in [-0.05, 0) is 167 Å². The van der Waals surface area contributed by atoms with E-state index >= 15 is 0 Å². The van der Waals surface area contributed by atoms with Crippen molar-refractivity contribution in [2.45, 2.75) is 13.8 Å². The highest BCUT2D eigenvalue weighted by atomic mass is 15.2. The Bertz CT molecular complexity index is 4040. The lowest BCUT2D eigenvalue weighted by Crippen LogP contribution is -2.61. The van der Waals surface area contributed by atoms with Gasteiger partial charge in [-0.25, -0.2) is 0 Å². The van der Waals surface area contributed by atoms with Crippen molar-refractivity contribution in [1.82, 2.24) is 4.57 Å². The highest BCUT2D eigenvalue weighted by Crippen LogP contribution is 2.48. The molecule has 0 aliphatic carbocycles. The topological polar surface area (TPSA) is 17.9 Å². The van der Waals surface area contributed by atoms with Crippen molar-refractivity contribution in [3.8, 4) is 5.69 Å². The summed E-state index contributed by atoms with van der Waals surface area (Å²) in [6.07, 6.45) is 0. The zero-order valence-electron chi connectivity index (χ0n) is 41.6. The first-order valence-electron chi connectivity index (χ1n) is 26.2. The van der Waals surface area contributed by atoms with Gasteiger partial charge in [0.05, 0.1) is 11.0 Å². The summed E-state index contributed by atoms with van der Waals surface area (Å²) in [6, 6.07) is 92.9. The number of nitrogens with zero attached hydrogens (tertiary/aromatic N) is 5. The molecule has 75 heavy (non-hydrogen) atoms. The normalized spacial score (nSPS) is 13.6. The average molecular weight is 956 g/mol. The standard InChI is InChI=1S/C68H47B2N5/c1-44-37-45(2)39-50(38-44)75-63-42-65-55(69-53-29-15-17-31-57(53)71(46-21-7-3-8-22-46)59-33-19-35-61(67(59)69)73(65)48-25-11-5-12-26-48)40-51(63)52-41-56-66(43-64(52)75)74(49-27-13-6-14-28-49)62-36-20-34-60-68(62)70(56)54-30-16-18-32-58(54)72(60)47-23-9-4-10-24-47/h3-43H,1-2H3. The Balaban J connectivity index is 1.03. The molecule has 0 N–H and O–H groups in total. The summed E-state index contributed by atoms with van der Waals surface area (Å²) in [6.45, 7) is 4.40. The Hall–Kier alpha value is -9.45. The van der Waals surface area contributed by atoms with Crippen LogP contribution in [0, 0.1) is 13.8 Å². The van der Waals surface area contributed by atoms with Gasteiger partial charge in [0.25, 0.3) is 13.4 Å². The van der Waals surface area contributed by atoms with Crippen LogP contribution >= 0.6 is 0 Å². The molecule has 0 atom stereocenters. The van der Waals surface area contributed by atoms with Gasteiger partial charge in [0, 0.05) is 84.7 Å². The minimum absolute atomic E-state index is 0.0267. The zero-order valence-corrected chi connectivity index (χ0v) is 41.6. The minimum Gasteiger partial charge on any atom is -0.311 e. The molecule has 16 rings (SSSR count). The third kappa shape index (κ3) is 6.04. The summed E-state index contributed by atoms with van der Waals surface area (Å²) in [4.78, 5) is 10.0. The van der Waals surface area contributed by atoms with Gasteiger partial charge in [-0.1, -0.05) is 140 Å². The number of para-hydroxylation sites is 6. The fourth-order valence-corrected chi connectivity index (χ4v) is 13.5. The summed E-state index contributed by atoms with van der Waals surface area (Å²) in [5.74, 6) is 0. The van der Waals surface area contributed by atoms with Gasteiger partial charge < -0.3 is 24.2 Å². The third-order valence-electron chi connectivity index (χ3n) is 16.3. The Kier molecular flexibility index (Phi) is 8.99. The fraction of sp³-hybridized carbons (Fsp3) is 0.0294. The van der Waals surface area contributed by atoms with Crippen molar-refractivity contribution in [3.63, 3.8) is 0 Å². The Morgan fingerprint density at radius 3 is 0.947 bits per heavy atom. The number of aromatic nitrogens is 1. The molecule has 4 aliphatic heterocycles. The van der Waals surface area contributed by atoms with E-state index in [1.165, 1.54) is 111 Å². The SMILES string of the molecule is Cc1cc(C)cc(-n2c3cc4c(cc3c3cc5c(cc32)N(c2ccccc2)c2cccc3c2B5c2ccccc2N3c2ccccc2)B2c3ccccc3N(c3ccccc3)c3cccc(c32)N4c2ccccc2)c1. The molecule has 5 nitrogen and oxygen atoms in total. The van der Waals surface area contributed by atoms with Crippen LogP contribution in [0.4, 0.5) is 68.2 Å². The second-order valence-electron chi connectivity index (χ2n) is 20.6. The lowest BCUT2D eigenvalue weighted by Gasteiger charge is -2.44. The quantitative estimate of drug-likeness (QED) is 0.160. The average Bonchev–Trinajstić information content (AvgIpc) is 3.77. The molecule has 1 aromatic heterocycles. The van der Waals surface area contributed by atoms with Crippen LogP contribution in [0.2, 0.25) is 0 Å². The van der Waals surface area contributed by atoms with Crippen LogP contribution in [0.15, 0.2) is 249 Å². The zero-order chi connectivity index (χ0) is 49.5. The molecule has 0 bridgehead atoms. The Labute approximate surface area is 437 Å². The minimum atomic E-state index is -0.0267. The van der Waals surface area contributed by atoms with E-state index in [0.29, 0.717) is 0 Å². The third-order valence-corrected chi connectivity index (χ3v) is 16.3. The van der Waals surface area contributed by atoms with Crippen molar-refractivity contribution >= 4 is 136 Å². The molecule has 7 heteroatoms. The van der Waals surface area contributed by atoms with Crippen LogP contribution in [0.5, 0.6) is 0 Å². The lowest BCUT2D eigenvalue weighted by molar-refractivity contribution is 1.15. The fourth-order valence-electron chi connectivity index (χ4n) is 13.5. The van der Waals surface area contributed by atoms with Crippen molar-refractivity contribution in [2.24, 2.45) is 0 Å². The predicted octanol–water partition coefficient (Wildman–Crippen LogP) is 13.6. The monoisotopic (exact) mass is 955 g/mol. The molecular weight excluding hydrogens is 908 g/mol. The summed E-state index contributed by atoms with van der Waals surface area (Å²) in [5.41, 5.74) is 28.0. The summed E-state index contributed by atoms with van der Waals surface area (Å²) in [7, 11) is 0. The van der Waals surface area contributed by atoms with Crippen LogP contribution in [0.25, 0.3) is 27.5 Å². The Morgan fingerprint density at radius 1 is 0.253 bits per heavy atom. The van der Waals surface area contributed by atoms with Crippen LogP contribution < -0.4 is 52.4 Å². The largest absolute Gasteiger partial charge is 0.311 e. The predicted molar refractivity (Wildman–Crippen MR) is 318 cm³/mol. The van der Waals surface area contributed by atoms with Crippen LogP contribution in [0.1, 0.15) is 11.1 Å². The van der Waals surface area contributed by atoms with E-state index in [0.717, 1.165) is 28.4 Å². The number of fused-ring (bicyclic) bond motifs is 11. The van der Waals surface area contributed by atoms with Gasteiger partial charge in [0.2, 0.25) is 0 Å². The van der Waals surface area contributed by atoms with Gasteiger partial charge >= 0.3 is 0 Å². The maximum Gasteiger partial charge on any atom is 0.252 e. The maximum absolute atomic E-state index is 2.58. The molecule has 0 saturated heterocycles. The number of rotatable bonds is 5. The number of benzene rings is 11. The van der Waals surface area contributed by atoms with E-state index in [1.54, 1.807) is 0 Å². The van der Waals surface area contributed by atoms with Gasteiger partial charge in [-0.2, -0.15) is 0 Å². The molecule has 350 valence electrons. The number of hydrogen-bond donors (Lipinski definition) is 0. The molecule has 0 radical (unpaired) electrons. The van der Waals surface area contributed by atoms with Gasteiger partial charge in [0.1, 0.15) is 0 Å². The molecule has 11 aromatic carbocycles. The molecule has 0 unspecified atom stereocenters. The van der Waals surface area contributed by atoms with E-state index in [1.807, 2.05) is 0 Å². The van der Waals surface area contributed by atoms with Crippen LogP contribution in [0.3, 0.4) is 0 Å². The van der Waals surface area contributed by atoms with Crippen molar-refractivity contribution in [1.29, 1.82) is 0 Å². The van der Waals surface area contributed by atoms with E-state index in [2.05, 4.69) is 287 Å². The number of hydrogen-bond acceptors (Lipinski definition) is 4. The van der Waals surface area contributed by atoms with Gasteiger partial charge in [-0.3, -0.25) is 0 Å². The summed E-state index contributed by atoms with van der Waals surface area (Å²) < 4.78 is 2.56.